The summed E-state index contributed by atoms with van der Waals surface area (Å²) in [5, 5.41) is 20.7. The van der Waals surface area contributed by atoms with Gasteiger partial charge in [-0.2, -0.15) is 0 Å². The van der Waals surface area contributed by atoms with Crippen LogP contribution in [0.25, 0.3) is 11.2 Å². The molecular formula is C12H10N6O3S. The van der Waals surface area contributed by atoms with Crippen molar-refractivity contribution in [1.29, 1.82) is 0 Å². The summed E-state index contributed by atoms with van der Waals surface area (Å²) >= 11 is 5.07. The van der Waals surface area contributed by atoms with Gasteiger partial charge in [-0.1, -0.05) is 12.2 Å². The number of nitrogens with zero attached hydrogens (tertiary/aromatic N) is 4. The number of hydrogen-bond donors (Lipinski definition) is 3. The van der Waals surface area contributed by atoms with Gasteiger partial charge in [0.2, 0.25) is 0 Å². The van der Waals surface area contributed by atoms with E-state index in [1.807, 2.05) is 0 Å². The number of phenolic OH excluding ortho intramolecular Hbond substituents is 1. The number of hydrogen-bond acceptors (Lipinski definition) is 7. The zero-order valence-corrected chi connectivity index (χ0v) is 11.9. The SMILES string of the molecule is Nc1nc(=S)c2ncn(Cc3cc([N+](=O)[O-])ccc3O)c2[nH]1. The lowest BCUT2D eigenvalue weighted by Crippen LogP contribution is -2.03. The average molecular weight is 318 g/mol. The van der Waals surface area contributed by atoms with E-state index < -0.39 is 4.92 Å². The largest absolute Gasteiger partial charge is 0.508 e. The third-order valence-electron chi connectivity index (χ3n) is 3.12. The lowest BCUT2D eigenvalue weighted by molar-refractivity contribution is -0.384. The maximum absolute atomic E-state index is 10.8. The van der Waals surface area contributed by atoms with E-state index in [2.05, 4.69) is 15.0 Å². The van der Waals surface area contributed by atoms with Crippen LogP contribution in [0.2, 0.25) is 0 Å². The fraction of sp³-hybridized carbons (Fsp3) is 0.0833. The first kappa shape index (κ1) is 13.9. The van der Waals surface area contributed by atoms with Gasteiger partial charge in [0, 0.05) is 17.7 Å². The van der Waals surface area contributed by atoms with Gasteiger partial charge >= 0.3 is 0 Å². The second-order valence-corrected chi connectivity index (χ2v) is 4.95. The van der Waals surface area contributed by atoms with E-state index >= 15 is 0 Å². The van der Waals surface area contributed by atoms with Crippen molar-refractivity contribution in [3.8, 4) is 5.75 Å². The maximum atomic E-state index is 10.8. The number of aromatic amines is 1. The van der Waals surface area contributed by atoms with Gasteiger partial charge in [0.25, 0.3) is 5.69 Å². The molecule has 0 aliphatic carbocycles. The molecule has 0 amide bonds. The summed E-state index contributed by atoms with van der Waals surface area (Å²) in [7, 11) is 0. The number of benzene rings is 1. The summed E-state index contributed by atoms with van der Waals surface area (Å²) in [6.07, 6.45) is 1.50. The van der Waals surface area contributed by atoms with Gasteiger partial charge in [0.05, 0.1) is 17.8 Å². The average Bonchev–Trinajstić information content (AvgIpc) is 2.84. The Balaban J connectivity index is 2.09. The number of aromatic hydroxyl groups is 1. The van der Waals surface area contributed by atoms with Crippen LogP contribution in [0, 0.1) is 14.8 Å². The van der Waals surface area contributed by atoms with Crippen molar-refractivity contribution >= 4 is 35.0 Å². The second kappa shape index (κ2) is 5.07. The van der Waals surface area contributed by atoms with Gasteiger partial charge in [-0.25, -0.2) is 9.97 Å². The molecule has 0 saturated heterocycles. The fourth-order valence-corrected chi connectivity index (χ4v) is 2.34. The minimum absolute atomic E-state index is 0.0481. The van der Waals surface area contributed by atoms with E-state index in [4.69, 9.17) is 18.0 Å². The highest BCUT2D eigenvalue weighted by Gasteiger charge is 2.13. The van der Waals surface area contributed by atoms with Crippen molar-refractivity contribution in [2.45, 2.75) is 6.54 Å². The highest BCUT2D eigenvalue weighted by molar-refractivity contribution is 7.71. The van der Waals surface area contributed by atoms with E-state index in [1.54, 1.807) is 4.57 Å². The van der Waals surface area contributed by atoms with Crippen molar-refractivity contribution in [2.75, 3.05) is 5.73 Å². The molecular weight excluding hydrogens is 308 g/mol. The summed E-state index contributed by atoms with van der Waals surface area (Å²) < 4.78 is 1.90. The second-order valence-electron chi connectivity index (χ2n) is 4.57. The Morgan fingerprint density at radius 2 is 2.27 bits per heavy atom. The van der Waals surface area contributed by atoms with Gasteiger partial charge in [-0.3, -0.25) is 10.1 Å². The van der Waals surface area contributed by atoms with Crippen LogP contribution < -0.4 is 5.73 Å². The maximum Gasteiger partial charge on any atom is 0.270 e. The number of nitrogens with one attached hydrogen (secondary N) is 1. The normalized spacial score (nSPS) is 10.9. The summed E-state index contributed by atoms with van der Waals surface area (Å²) in [6.45, 7) is 0.165. The molecule has 2 heterocycles. The number of H-pyrrole nitrogens is 1. The van der Waals surface area contributed by atoms with Crippen LogP contribution in [-0.4, -0.2) is 29.5 Å². The first-order chi connectivity index (χ1) is 10.5. The quantitative estimate of drug-likeness (QED) is 0.380. The van der Waals surface area contributed by atoms with Crippen molar-refractivity contribution in [2.24, 2.45) is 0 Å². The number of fused-ring (bicyclic) bond motifs is 1. The van der Waals surface area contributed by atoms with Crippen molar-refractivity contribution in [3.05, 3.63) is 44.8 Å². The molecule has 112 valence electrons. The lowest BCUT2D eigenvalue weighted by Gasteiger charge is -2.07. The summed E-state index contributed by atoms with van der Waals surface area (Å²) in [5.41, 5.74) is 6.90. The van der Waals surface area contributed by atoms with Crippen molar-refractivity contribution in [1.82, 2.24) is 19.5 Å². The predicted molar refractivity (Wildman–Crippen MR) is 81.0 cm³/mol. The number of nitrogen functional groups attached to an aromatic ring is 1. The Kier molecular flexibility index (Phi) is 3.22. The standard InChI is InChI=1S/C12H10N6O3S/c13-12-15-10-9(11(22)16-12)14-5-17(10)4-6-3-7(18(20)21)1-2-8(6)19/h1-3,5,19H,4H2,(H3,13,15,16,22). The molecule has 4 N–H and O–H groups in total. The Morgan fingerprint density at radius 1 is 1.50 bits per heavy atom. The van der Waals surface area contributed by atoms with E-state index in [9.17, 15) is 15.2 Å². The van der Waals surface area contributed by atoms with Crippen LogP contribution in [0.15, 0.2) is 24.5 Å². The molecule has 9 nitrogen and oxygen atoms in total. The predicted octanol–water partition coefficient (Wildman–Crippen LogP) is 1.73. The van der Waals surface area contributed by atoms with E-state index in [0.29, 0.717) is 16.7 Å². The molecule has 3 rings (SSSR count). The number of aromatic nitrogens is 4. The van der Waals surface area contributed by atoms with Gasteiger partial charge in [-0.15, -0.1) is 0 Å². The van der Waals surface area contributed by atoms with E-state index in [1.165, 1.54) is 24.5 Å². The molecule has 10 heteroatoms. The number of rotatable bonds is 3. The molecule has 0 aliphatic heterocycles. The highest BCUT2D eigenvalue weighted by Crippen LogP contribution is 2.25. The van der Waals surface area contributed by atoms with Crippen LogP contribution in [-0.2, 0) is 6.54 Å². The topological polar surface area (TPSA) is 136 Å². The molecule has 0 saturated carbocycles. The number of nitrogens with two attached hydrogens (primary N) is 1. The highest BCUT2D eigenvalue weighted by atomic mass is 32.1. The number of nitro groups is 1. The Morgan fingerprint density at radius 3 is 3.00 bits per heavy atom. The molecule has 0 radical (unpaired) electrons. The number of imidazole rings is 1. The van der Waals surface area contributed by atoms with Crippen LogP contribution in [0.3, 0.4) is 0 Å². The molecule has 0 spiro atoms. The Labute approximate surface area is 128 Å². The minimum atomic E-state index is -0.523. The lowest BCUT2D eigenvalue weighted by atomic mass is 10.2. The smallest absolute Gasteiger partial charge is 0.270 e. The van der Waals surface area contributed by atoms with Crippen molar-refractivity contribution < 1.29 is 10.0 Å². The monoisotopic (exact) mass is 318 g/mol. The zero-order chi connectivity index (χ0) is 15.9. The first-order valence-electron chi connectivity index (χ1n) is 6.12. The van der Waals surface area contributed by atoms with Crippen LogP contribution in [0.5, 0.6) is 5.75 Å². The number of nitro benzene ring substituents is 1. The summed E-state index contributed by atoms with van der Waals surface area (Å²) in [5.74, 6) is 0.0931. The molecule has 0 bridgehead atoms. The first-order valence-corrected chi connectivity index (χ1v) is 6.53. The molecule has 3 aromatic rings. The molecule has 0 aliphatic rings. The fourth-order valence-electron chi connectivity index (χ4n) is 2.10. The number of phenols is 1. The zero-order valence-electron chi connectivity index (χ0n) is 11.1. The van der Waals surface area contributed by atoms with E-state index in [-0.39, 0.29) is 28.6 Å². The van der Waals surface area contributed by atoms with Gasteiger partial charge in [-0.05, 0) is 6.07 Å². The molecule has 2 aromatic heterocycles. The van der Waals surface area contributed by atoms with Gasteiger partial charge in [0.15, 0.2) is 10.6 Å². The Bertz CT molecular complexity index is 948. The Hall–Kier alpha value is -3.01. The minimum Gasteiger partial charge on any atom is -0.508 e. The molecule has 0 fully saturated rings. The molecule has 0 unspecified atom stereocenters. The van der Waals surface area contributed by atoms with E-state index in [0.717, 1.165) is 0 Å². The molecule has 22 heavy (non-hydrogen) atoms. The van der Waals surface area contributed by atoms with Crippen LogP contribution in [0.1, 0.15) is 5.56 Å². The number of anilines is 1. The van der Waals surface area contributed by atoms with Crippen LogP contribution in [0.4, 0.5) is 11.6 Å². The van der Waals surface area contributed by atoms with Gasteiger partial charge in [0.1, 0.15) is 16.9 Å². The molecule has 0 atom stereocenters. The third kappa shape index (κ3) is 2.35. The van der Waals surface area contributed by atoms with Crippen LogP contribution >= 0.6 is 12.2 Å². The van der Waals surface area contributed by atoms with Crippen molar-refractivity contribution in [3.63, 3.8) is 0 Å². The van der Waals surface area contributed by atoms with Gasteiger partial charge < -0.3 is 20.4 Å². The summed E-state index contributed by atoms with van der Waals surface area (Å²) in [4.78, 5) is 21.2. The number of non-ortho nitro benzene ring substituents is 1. The summed E-state index contributed by atoms with van der Waals surface area (Å²) in [6, 6.07) is 3.82. The molecule has 1 aromatic carbocycles. The third-order valence-corrected chi connectivity index (χ3v) is 3.41.